The molecule has 0 aliphatic rings. The summed E-state index contributed by atoms with van der Waals surface area (Å²) in [7, 11) is -0.738. The molecule has 1 aromatic rings. The Labute approximate surface area is 108 Å². The fourth-order valence-corrected chi connectivity index (χ4v) is 3.65. The lowest BCUT2D eigenvalue weighted by Crippen LogP contribution is -2.13. The number of hydrogen-bond donors (Lipinski definition) is 0. The summed E-state index contributed by atoms with van der Waals surface area (Å²) in [5.41, 5.74) is 0.422. The molecule has 0 saturated carbocycles. The monoisotopic (exact) mass is 256 g/mol. The van der Waals surface area contributed by atoms with Crippen LogP contribution in [0.4, 0.5) is 0 Å². The van der Waals surface area contributed by atoms with Crippen molar-refractivity contribution in [1.29, 1.82) is 0 Å². The van der Waals surface area contributed by atoms with Crippen LogP contribution in [0.5, 0.6) is 0 Å². The molecule has 0 N–H and O–H groups in total. The van der Waals surface area contributed by atoms with E-state index in [-0.39, 0.29) is 0 Å². The lowest BCUT2D eigenvalue weighted by atomic mass is 9.94. The van der Waals surface area contributed by atoms with Crippen LogP contribution in [0.2, 0.25) is 0 Å². The third-order valence-corrected chi connectivity index (χ3v) is 5.62. The average molecular weight is 256 g/mol. The normalized spacial score (nSPS) is 14.4. The molecule has 2 nitrogen and oxygen atoms in total. The molecule has 0 radical (unpaired) electrons. The molecule has 0 aliphatic carbocycles. The van der Waals surface area contributed by atoms with Crippen molar-refractivity contribution in [3.8, 4) is 0 Å². The fourth-order valence-electron chi connectivity index (χ4n) is 1.57. The molecular formula is C14H28N2S. The van der Waals surface area contributed by atoms with Gasteiger partial charge in [0.25, 0.3) is 0 Å². The quantitative estimate of drug-likeness (QED) is 0.784. The van der Waals surface area contributed by atoms with Crippen LogP contribution in [-0.2, 0) is 0 Å². The van der Waals surface area contributed by atoms with Gasteiger partial charge in [-0.25, -0.2) is 10.0 Å². The van der Waals surface area contributed by atoms with Gasteiger partial charge in [0.15, 0.2) is 0 Å². The molecule has 100 valence electrons. The molecule has 0 spiro atoms. The summed E-state index contributed by atoms with van der Waals surface area (Å²) in [6.45, 7) is 11.3. The van der Waals surface area contributed by atoms with Crippen molar-refractivity contribution in [2.24, 2.45) is 5.41 Å². The molecule has 0 amide bonds. The first kappa shape index (κ1) is 14.6. The maximum atomic E-state index is 4.74. The Morgan fingerprint density at radius 3 is 2.29 bits per heavy atom. The Morgan fingerprint density at radius 1 is 1.29 bits per heavy atom. The molecule has 1 heterocycles. The van der Waals surface area contributed by atoms with Gasteiger partial charge in [0.2, 0.25) is 0 Å². The van der Waals surface area contributed by atoms with E-state index in [0.29, 0.717) is 11.5 Å². The van der Waals surface area contributed by atoms with E-state index in [1.807, 2.05) is 0 Å². The highest BCUT2D eigenvalue weighted by molar-refractivity contribution is 8.32. The summed E-state index contributed by atoms with van der Waals surface area (Å²) in [6, 6.07) is 2.67. The molecule has 0 aliphatic heterocycles. The van der Waals surface area contributed by atoms with E-state index in [4.69, 9.17) is 5.10 Å². The van der Waals surface area contributed by atoms with Gasteiger partial charge < -0.3 is 0 Å². The Hall–Kier alpha value is -0.440. The van der Waals surface area contributed by atoms with Crippen LogP contribution in [0.3, 0.4) is 0 Å². The van der Waals surface area contributed by atoms with E-state index in [0.717, 1.165) is 0 Å². The third-order valence-electron chi connectivity index (χ3n) is 3.04. The lowest BCUT2D eigenvalue weighted by molar-refractivity contribution is 0.400. The van der Waals surface area contributed by atoms with Gasteiger partial charge in [-0.2, -0.15) is 5.10 Å². The molecular weight excluding hydrogens is 228 g/mol. The Morgan fingerprint density at radius 2 is 1.88 bits per heavy atom. The second-order valence-corrected chi connectivity index (χ2v) is 10.7. The zero-order chi connectivity index (χ0) is 13.3. The maximum absolute atomic E-state index is 4.74. The molecule has 1 aromatic heterocycles. The smallest absolute Gasteiger partial charge is 0.101 e. The zero-order valence-corrected chi connectivity index (χ0v) is 13.3. The fraction of sp³-hybridized carbons (Fsp3) is 0.786. The summed E-state index contributed by atoms with van der Waals surface area (Å²) < 4.78 is 2.07. The van der Waals surface area contributed by atoms with Crippen molar-refractivity contribution < 1.29 is 0 Å². The van der Waals surface area contributed by atoms with E-state index < -0.39 is 10.0 Å². The molecule has 0 fully saturated rings. The van der Waals surface area contributed by atoms with Crippen molar-refractivity contribution in [2.75, 3.05) is 18.3 Å². The predicted molar refractivity (Wildman–Crippen MR) is 79.3 cm³/mol. The second-order valence-electron chi connectivity index (χ2n) is 6.78. The van der Waals surface area contributed by atoms with Crippen LogP contribution in [-0.4, -0.2) is 28.0 Å². The summed E-state index contributed by atoms with van der Waals surface area (Å²) >= 11 is 0. The van der Waals surface area contributed by atoms with Crippen molar-refractivity contribution in [3.63, 3.8) is 0 Å². The summed E-state index contributed by atoms with van der Waals surface area (Å²) in [4.78, 5) is 0. The van der Waals surface area contributed by atoms with Crippen LogP contribution in [0.15, 0.2) is 17.3 Å². The standard InChI is InChI=1S/C14H28N2S/c1-12(2)16-10-8-13(15-16)17(6,7)11-9-14(3,4)5/h8,10,12H,9,11H2,1-7H3. The highest BCUT2D eigenvalue weighted by atomic mass is 32.3. The van der Waals surface area contributed by atoms with E-state index >= 15 is 0 Å². The zero-order valence-electron chi connectivity index (χ0n) is 12.4. The molecule has 0 bridgehead atoms. The molecule has 3 heteroatoms. The first-order chi connectivity index (χ1) is 7.62. The maximum Gasteiger partial charge on any atom is 0.101 e. The SMILES string of the molecule is CC(C)n1ccc(S(C)(C)CCC(C)(C)C)n1. The van der Waals surface area contributed by atoms with Crippen LogP contribution in [0, 0.1) is 5.41 Å². The van der Waals surface area contributed by atoms with Crippen molar-refractivity contribution in [1.82, 2.24) is 9.78 Å². The molecule has 0 saturated heterocycles. The van der Waals surface area contributed by atoms with Crippen molar-refractivity contribution in [2.45, 2.75) is 52.1 Å². The van der Waals surface area contributed by atoms with Crippen molar-refractivity contribution >= 4 is 10.0 Å². The number of hydrogen-bond acceptors (Lipinski definition) is 1. The van der Waals surface area contributed by atoms with Gasteiger partial charge in [-0.05, 0) is 50.0 Å². The van der Waals surface area contributed by atoms with Gasteiger partial charge in [-0.1, -0.05) is 20.8 Å². The molecule has 0 unspecified atom stereocenters. The topological polar surface area (TPSA) is 17.8 Å². The number of aromatic nitrogens is 2. The van der Waals surface area contributed by atoms with Crippen LogP contribution >= 0.6 is 10.0 Å². The van der Waals surface area contributed by atoms with Gasteiger partial charge in [0, 0.05) is 12.2 Å². The molecule has 17 heavy (non-hydrogen) atoms. The van der Waals surface area contributed by atoms with E-state index in [1.54, 1.807) is 0 Å². The van der Waals surface area contributed by atoms with Gasteiger partial charge >= 0.3 is 0 Å². The first-order valence-corrected chi connectivity index (χ1v) is 9.00. The van der Waals surface area contributed by atoms with Gasteiger partial charge in [0.05, 0.1) is 0 Å². The van der Waals surface area contributed by atoms with Crippen LogP contribution in [0.1, 0.15) is 47.1 Å². The minimum atomic E-state index is -0.738. The molecule has 1 rings (SSSR count). The Kier molecular flexibility index (Phi) is 4.34. The largest absolute Gasteiger partial charge is 0.269 e. The Bertz CT molecular complexity index is 359. The third kappa shape index (κ3) is 4.38. The first-order valence-electron chi connectivity index (χ1n) is 6.38. The van der Waals surface area contributed by atoms with Gasteiger partial charge in [-0.15, -0.1) is 0 Å². The summed E-state index contributed by atoms with van der Waals surface area (Å²) in [5, 5.41) is 6.04. The van der Waals surface area contributed by atoms with Gasteiger partial charge in [-0.3, -0.25) is 4.68 Å². The summed E-state index contributed by atoms with van der Waals surface area (Å²) in [6.07, 6.45) is 8.15. The Balaban J connectivity index is 2.75. The number of nitrogens with zero attached hydrogens (tertiary/aromatic N) is 2. The molecule has 0 aromatic carbocycles. The molecule has 0 atom stereocenters. The van der Waals surface area contributed by atoms with Crippen LogP contribution in [0.25, 0.3) is 0 Å². The van der Waals surface area contributed by atoms with E-state index in [9.17, 15) is 0 Å². The van der Waals surface area contributed by atoms with Gasteiger partial charge in [0.1, 0.15) is 5.03 Å². The summed E-state index contributed by atoms with van der Waals surface area (Å²) in [5.74, 6) is 1.27. The van der Waals surface area contributed by atoms with Crippen molar-refractivity contribution in [3.05, 3.63) is 12.3 Å². The second kappa shape index (κ2) is 5.05. The number of rotatable bonds is 4. The lowest BCUT2D eigenvalue weighted by Gasteiger charge is -2.32. The average Bonchev–Trinajstić information content (AvgIpc) is 2.63. The minimum absolute atomic E-state index is 0.422. The van der Waals surface area contributed by atoms with Crippen LogP contribution < -0.4 is 0 Å². The highest BCUT2D eigenvalue weighted by Crippen LogP contribution is 2.49. The van der Waals surface area contributed by atoms with E-state index in [1.165, 1.54) is 17.2 Å². The minimum Gasteiger partial charge on any atom is -0.269 e. The highest BCUT2D eigenvalue weighted by Gasteiger charge is 2.21. The van der Waals surface area contributed by atoms with E-state index in [2.05, 4.69) is 64.1 Å². The predicted octanol–water partition coefficient (Wildman–Crippen LogP) is 4.32.